The van der Waals surface area contributed by atoms with Gasteiger partial charge in [-0.25, -0.2) is 8.42 Å². The molecular formula is C14H20N2O5S. The van der Waals surface area contributed by atoms with E-state index in [-0.39, 0.29) is 16.6 Å². The average molecular weight is 328 g/mol. The molecule has 0 aromatic heterocycles. The largest absolute Gasteiger partial charge is 0.393 e. The second kappa shape index (κ2) is 6.21. The van der Waals surface area contributed by atoms with Gasteiger partial charge in [0.1, 0.15) is 10.6 Å². The number of aliphatic hydroxyl groups excluding tert-OH is 1. The molecule has 0 amide bonds. The van der Waals surface area contributed by atoms with E-state index in [1.807, 2.05) is 4.90 Å². The SMILES string of the molecule is CC(O)CC1CCCN1c1cccc(S(C)(=O)=O)c1[N+](=O)[O-]. The predicted molar refractivity (Wildman–Crippen MR) is 82.9 cm³/mol. The van der Waals surface area contributed by atoms with Crippen molar-refractivity contribution < 1.29 is 18.4 Å². The number of rotatable bonds is 5. The minimum atomic E-state index is -3.69. The number of para-hydroxylation sites is 1. The van der Waals surface area contributed by atoms with Gasteiger partial charge in [-0.3, -0.25) is 10.1 Å². The van der Waals surface area contributed by atoms with Gasteiger partial charge in [0, 0.05) is 18.8 Å². The normalized spacial score (nSPS) is 20.1. The van der Waals surface area contributed by atoms with E-state index in [1.54, 1.807) is 13.0 Å². The fourth-order valence-electron chi connectivity index (χ4n) is 3.02. The average Bonchev–Trinajstić information content (AvgIpc) is 2.83. The van der Waals surface area contributed by atoms with E-state index in [2.05, 4.69) is 0 Å². The number of nitro groups is 1. The Morgan fingerprint density at radius 1 is 1.50 bits per heavy atom. The summed E-state index contributed by atoms with van der Waals surface area (Å²) in [6.45, 7) is 2.29. The van der Waals surface area contributed by atoms with Crippen LogP contribution in [0.2, 0.25) is 0 Å². The number of hydrogen-bond donors (Lipinski definition) is 1. The van der Waals surface area contributed by atoms with Crippen molar-refractivity contribution in [2.24, 2.45) is 0 Å². The van der Waals surface area contributed by atoms with Gasteiger partial charge >= 0.3 is 5.69 Å². The zero-order valence-electron chi connectivity index (χ0n) is 12.6. The highest BCUT2D eigenvalue weighted by Gasteiger charge is 2.34. The lowest BCUT2D eigenvalue weighted by Crippen LogP contribution is -2.32. The first-order chi connectivity index (χ1) is 10.2. The standard InChI is InChI=1S/C14H20N2O5S/c1-10(17)9-11-5-4-8-15(11)12-6-3-7-13(22(2,20)21)14(12)16(18)19/h3,6-7,10-11,17H,4-5,8-9H2,1-2H3. The molecule has 8 heteroatoms. The Morgan fingerprint density at radius 3 is 2.73 bits per heavy atom. The highest BCUT2D eigenvalue weighted by Crippen LogP contribution is 2.38. The van der Waals surface area contributed by atoms with E-state index in [1.165, 1.54) is 12.1 Å². The zero-order valence-corrected chi connectivity index (χ0v) is 13.4. The van der Waals surface area contributed by atoms with Crippen LogP contribution in [-0.4, -0.2) is 43.4 Å². The number of nitro benzene ring substituents is 1. The summed E-state index contributed by atoms with van der Waals surface area (Å²) in [6, 6.07) is 4.34. The summed E-state index contributed by atoms with van der Waals surface area (Å²) >= 11 is 0. The smallest absolute Gasteiger partial charge is 0.311 e. The molecule has 0 aliphatic carbocycles. The van der Waals surface area contributed by atoms with Gasteiger partial charge in [0.05, 0.1) is 11.0 Å². The lowest BCUT2D eigenvalue weighted by Gasteiger charge is -2.27. The van der Waals surface area contributed by atoms with Gasteiger partial charge in [-0.1, -0.05) is 6.07 Å². The molecule has 1 aliphatic heterocycles. The number of nitrogens with zero attached hydrogens (tertiary/aromatic N) is 2. The van der Waals surface area contributed by atoms with E-state index >= 15 is 0 Å². The van der Waals surface area contributed by atoms with Crippen molar-refractivity contribution in [3.8, 4) is 0 Å². The minimum Gasteiger partial charge on any atom is -0.393 e. The zero-order chi connectivity index (χ0) is 16.5. The van der Waals surface area contributed by atoms with Crippen molar-refractivity contribution in [2.45, 2.75) is 43.2 Å². The minimum absolute atomic E-state index is 0.0199. The quantitative estimate of drug-likeness (QED) is 0.652. The van der Waals surface area contributed by atoms with E-state index in [4.69, 9.17) is 0 Å². The Morgan fingerprint density at radius 2 is 2.18 bits per heavy atom. The maximum atomic E-state index is 11.8. The molecule has 1 heterocycles. The third kappa shape index (κ3) is 3.38. The third-order valence-corrected chi connectivity index (χ3v) is 4.99. The van der Waals surface area contributed by atoms with Crippen molar-refractivity contribution in [1.82, 2.24) is 0 Å². The van der Waals surface area contributed by atoms with E-state index in [9.17, 15) is 23.6 Å². The second-order valence-electron chi connectivity index (χ2n) is 5.73. The molecule has 0 spiro atoms. The monoisotopic (exact) mass is 328 g/mol. The topological polar surface area (TPSA) is 101 Å². The molecule has 22 heavy (non-hydrogen) atoms. The van der Waals surface area contributed by atoms with Crippen LogP contribution in [0, 0.1) is 10.1 Å². The highest BCUT2D eigenvalue weighted by atomic mass is 32.2. The molecule has 1 aromatic rings. The Kier molecular flexibility index (Phi) is 4.72. The lowest BCUT2D eigenvalue weighted by molar-refractivity contribution is -0.387. The van der Waals surface area contributed by atoms with Crippen molar-refractivity contribution >= 4 is 21.2 Å². The van der Waals surface area contributed by atoms with Crippen LogP contribution in [0.4, 0.5) is 11.4 Å². The fraction of sp³-hybridized carbons (Fsp3) is 0.571. The molecule has 2 atom stereocenters. The fourth-order valence-corrected chi connectivity index (χ4v) is 3.87. The lowest BCUT2D eigenvalue weighted by atomic mass is 10.1. The van der Waals surface area contributed by atoms with Gasteiger partial charge < -0.3 is 10.0 Å². The first-order valence-corrected chi connectivity index (χ1v) is 9.03. The predicted octanol–water partition coefficient (Wildman–Crippen LogP) is 1.74. The van der Waals surface area contributed by atoms with Crippen molar-refractivity contribution in [1.29, 1.82) is 0 Å². The van der Waals surface area contributed by atoms with Crippen LogP contribution >= 0.6 is 0 Å². The molecule has 1 fully saturated rings. The molecular weight excluding hydrogens is 308 g/mol. The number of sulfone groups is 1. The summed E-state index contributed by atoms with van der Waals surface area (Å²) in [5, 5.41) is 21.0. The molecule has 0 radical (unpaired) electrons. The van der Waals surface area contributed by atoms with E-state index in [0.717, 1.165) is 19.1 Å². The van der Waals surface area contributed by atoms with Gasteiger partial charge in [0.25, 0.3) is 0 Å². The molecule has 2 unspecified atom stereocenters. The number of aliphatic hydroxyl groups is 1. The van der Waals surface area contributed by atoms with Gasteiger partial charge in [0.2, 0.25) is 0 Å². The van der Waals surface area contributed by atoms with E-state index < -0.39 is 20.9 Å². The number of benzene rings is 1. The first-order valence-electron chi connectivity index (χ1n) is 7.14. The summed E-state index contributed by atoms with van der Waals surface area (Å²) < 4.78 is 23.6. The van der Waals surface area contributed by atoms with Gasteiger partial charge in [-0.2, -0.15) is 0 Å². The second-order valence-corrected chi connectivity index (χ2v) is 7.71. The maximum absolute atomic E-state index is 11.8. The van der Waals surface area contributed by atoms with Crippen LogP contribution in [0.15, 0.2) is 23.1 Å². The summed E-state index contributed by atoms with van der Waals surface area (Å²) in [5.74, 6) is 0. The van der Waals surface area contributed by atoms with Crippen LogP contribution in [0.3, 0.4) is 0 Å². The summed E-state index contributed by atoms with van der Waals surface area (Å²) in [5.41, 5.74) is -0.0569. The van der Waals surface area contributed by atoms with Crippen molar-refractivity contribution in [3.05, 3.63) is 28.3 Å². The Hall–Kier alpha value is -1.67. The first kappa shape index (κ1) is 16.7. The molecule has 1 N–H and O–H groups in total. The maximum Gasteiger partial charge on any atom is 0.311 e. The Balaban J connectivity index is 2.53. The molecule has 122 valence electrons. The molecule has 2 rings (SSSR count). The Labute approximate surface area is 129 Å². The third-order valence-electron chi connectivity index (χ3n) is 3.86. The molecule has 1 aromatic carbocycles. The van der Waals surface area contributed by atoms with Crippen molar-refractivity contribution in [3.63, 3.8) is 0 Å². The van der Waals surface area contributed by atoms with Crippen LogP contribution in [-0.2, 0) is 9.84 Å². The van der Waals surface area contributed by atoms with Gasteiger partial charge in [0.15, 0.2) is 9.84 Å². The summed E-state index contributed by atoms with van der Waals surface area (Å²) in [7, 11) is -3.69. The Bertz CT molecular complexity index is 672. The van der Waals surface area contributed by atoms with Crippen LogP contribution in [0.25, 0.3) is 0 Å². The highest BCUT2D eigenvalue weighted by molar-refractivity contribution is 7.90. The molecule has 0 saturated carbocycles. The molecule has 0 bridgehead atoms. The van der Waals surface area contributed by atoms with Gasteiger partial charge in [-0.05, 0) is 38.3 Å². The summed E-state index contributed by atoms with van der Waals surface area (Å²) in [6.07, 6.45) is 2.64. The van der Waals surface area contributed by atoms with Crippen molar-refractivity contribution in [2.75, 3.05) is 17.7 Å². The van der Waals surface area contributed by atoms with Crippen LogP contribution in [0.5, 0.6) is 0 Å². The van der Waals surface area contributed by atoms with E-state index in [0.29, 0.717) is 18.7 Å². The number of hydrogen-bond acceptors (Lipinski definition) is 6. The van der Waals surface area contributed by atoms with Crippen LogP contribution < -0.4 is 4.90 Å². The molecule has 1 aliphatic rings. The molecule has 7 nitrogen and oxygen atoms in total. The van der Waals surface area contributed by atoms with Crippen LogP contribution in [0.1, 0.15) is 26.2 Å². The molecule has 1 saturated heterocycles. The van der Waals surface area contributed by atoms with Gasteiger partial charge in [-0.15, -0.1) is 0 Å². The number of anilines is 1. The summed E-state index contributed by atoms with van der Waals surface area (Å²) in [4.78, 5) is 12.4.